The highest BCUT2D eigenvalue weighted by atomic mass is 32.2. The van der Waals surface area contributed by atoms with Crippen LogP contribution in [0.15, 0.2) is 12.2 Å². The van der Waals surface area contributed by atoms with Crippen LogP contribution in [0.2, 0.25) is 0 Å². The van der Waals surface area contributed by atoms with Crippen LogP contribution in [0.4, 0.5) is 0 Å². The van der Waals surface area contributed by atoms with Gasteiger partial charge in [0, 0.05) is 47.9 Å². The van der Waals surface area contributed by atoms with Crippen LogP contribution in [0.1, 0.15) is 79.6 Å². The zero-order valence-electron chi connectivity index (χ0n) is 23.3. The van der Waals surface area contributed by atoms with E-state index >= 15 is 0 Å². The lowest BCUT2D eigenvalue weighted by Crippen LogP contribution is -2.50. The molecule has 0 amide bonds. The molecule has 36 heavy (non-hydrogen) atoms. The molecule has 3 aliphatic heterocycles. The summed E-state index contributed by atoms with van der Waals surface area (Å²) in [4.78, 5) is 0. The third-order valence-electron chi connectivity index (χ3n) is 8.14. The molecule has 0 bridgehead atoms. The van der Waals surface area contributed by atoms with Gasteiger partial charge in [-0.3, -0.25) is 0 Å². The Kier molecular flexibility index (Phi) is 10.6. The number of thioether (sulfide) groups is 2. The van der Waals surface area contributed by atoms with Crippen LogP contribution < -0.4 is 0 Å². The Bertz CT molecular complexity index is 690. The van der Waals surface area contributed by atoms with E-state index in [0.717, 1.165) is 63.1 Å². The first-order chi connectivity index (χ1) is 17.2. The first kappa shape index (κ1) is 29.2. The molecule has 3 saturated heterocycles. The summed E-state index contributed by atoms with van der Waals surface area (Å²) >= 11 is 4.25. The fourth-order valence-corrected chi connectivity index (χ4v) is 8.74. The van der Waals surface area contributed by atoms with Gasteiger partial charge in [0.25, 0.3) is 0 Å². The van der Waals surface area contributed by atoms with E-state index < -0.39 is 5.79 Å². The third kappa shape index (κ3) is 7.67. The Morgan fingerprint density at radius 1 is 1.06 bits per heavy atom. The second kappa shape index (κ2) is 13.1. The standard InChI is InChI=1S/C29H50O5S2/c1-6-30-21-28(4,5)24(34-25-9-7-8-16-31-25)12-10-22-14-15-29(32-19-27(2,3)20-33-29)23(22)11-13-26-35-17-18-36-26/h10,12,22-26H,6-9,11,13-21H2,1-5H3/t22-,23+,24?,25?/m0/s1. The second-order valence-electron chi connectivity index (χ2n) is 12.5. The van der Waals surface area contributed by atoms with Crippen LogP contribution >= 0.6 is 23.5 Å². The van der Waals surface area contributed by atoms with Crippen molar-refractivity contribution in [2.45, 2.75) is 102 Å². The zero-order valence-corrected chi connectivity index (χ0v) is 24.9. The van der Waals surface area contributed by atoms with Crippen molar-refractivity contribution in [2.24, 2.45) is 22.7 Å². The molecule has 4 rings (SSSR count). The molecular formula is C29H50O5S2. The number of hydrogen-bond donors (Lipinski definition) is 0. The van der Waals surface area contributed by atoms with Crippen molar-refractivity contribution < 1.29 is 23.7 Å². The quantitative estimate of drug-likeness (QED) is 0.263. The minimum Gasteiger partial charge on any atom is -0.381 e. The fourth-order valence-electron chi connectivity index (χ4n) is 5.87. The van der Waals surface area contributed by atoms with Crippen LogP contribution in [0.5, 0.6) is 0 Å². The normalized spacial score (nSPS) is 32.0. The topological polar surface area (TPSA) is 46.2 Å². The summed E-state index contributed by atoms with van der Waals surface area (Å²) in [7, 11) is 0. The summed E-state index contributed by atoms with van der Waals surface area (Å²) in [5.41, 5.74) is -0.0544. The second-order valence-corrected chi connectivity index (χ2v) is 15.4. The SMILES string of the molecule is CCOCC(C)(C)C(C=C[C@H]1CCC2(OCC(C)(C)CO2)[C@@H]1CCC1SCCS1)OC1CCCCO1. The minimum atomic E-state index is -0.428. The molecule has 4 aliphatic rings. The van der Waals surface area contributed by atoms with Gasteiger partial charge in [0.15, 0.2) is 12.1 Å². The highest BCUT2D eigenvalue weighted by molar-refractivity contribution is 8.20. The van der Waals surface area contributed by atoms with Crippen LogP contribution in [0.3, 0.4) is 0 Å². The molecule has 208 valence electrons. The predicted molar refractivity (Wildman–Crippen MR) is 150 cm³/mol. The largest absolute Gasteiger partial charge is 0.381 e. The smallest absolute Gasteiger partial charge is 0.171 e. The highest BCUT2D eigenvalue weighted by Gasteiger charge is 2.53. The Morgan fingerprint density at radius 3 is 2.47 bits per heavy atom. The molecule has 1 saturated carbocycles. The number of allylic oxidation sites excluding steroid dienone is 1. The van der Waals surface area contributed by atoms with Crippen molar-refractivity contribution in [3.63, 3.8) is 0 Å². The van der Waals surface area contributed by atoms with E-state index in [4.69, 9.17) is 23.7 Å². The van der Waals surface area contributed by atoms with E-state index in [2.05, 4.69) is 70.3 Å². The molecule has 5 nitrogen and oxygen atoms in total. The number of ether oxygens (including phenoxy) is 5. The first-order valence-corrected chi connectivity index (χ1v) is 16.4. The lowest BCUT2D eigenvalue weighted by atomic mass is 9.83. The summed E-state index contributed by atoms with van der Waals surface area (Å²) in [5, 5.41) is 0. The Morgan fingerprint density at radius 2 is 1.81 bits per heavy atom. The molecular weight excluding hydrogens is 492 g/mol. The monoisotopic (exact) mass is 542 g/mol. The molecule has 7 heteroatoms. The van der Waals surface area contributed by atoms with Gasteiger partial charge >= 0.3 is 0 Å². The maximum Gasteiger partial charge on any atom is 0.171 e. The maximum absolute atomic E-state index is 6.61. The summed E-state index contributed by atoms with van der Waals surface area (Å²) < 4.78 is 32.4. The Hall–Kier alpha value is 0.240. The molecule has 0 aromatic carbocycles. The first-order valence-electron chi connectivity index (χ1n) is 14.3. The molecule has 2 unspecified atom stereocenters. The molecule has 0 N–H and O–H groups in total. The molecule has 0 aromatic heterocycles. The predicted octanol–water partition coefficient (Wildman–Crippen LogP) is 6.90. The van der Waals surface area contributed by atoms with Gasteiger partial charge in [-0.25, -0.2) is 0 Å². The number of hydrogen-bond acceptors (Lipinski definition) is 7. The van der Waals surface area contributed by atoms with Gasteiger partial charge in [0.1, 0.15) is 0 Å². The molecule has 4 fully saturated rings. The van der Waals surface area contributed by atoms with Crippen LogP contribution in [0.25, 0.3) is 0 Å². The van der Waals surface area contributed by atoms with Gasteiger partial charge in [-0.05, 0) is 51.4 Å². The van der Waals surface area contributed by atoms with Crippen LogP contribution in [-0.2, 0) is 23.7 Å². The van der Waals surface area contributed by atoms with E-state index in [1.54, 1.807) is 0 Å². The van der Waals surface area contributed by atoms with E-state index in [-0.39, 0.29) is 23.2 Å². The summed E-state index contributed by atoms with van der Waals surface area (Å²) in [6.45, 7) is 14.8. The van der Waals surface area contributed by atoms with Crippen molar-refractivity contribution in [1.82, 2.24) is 0 Å². The maximum atomic E-state index is 6.61. The Labute approximate surface area is 228 Å². The van der Waals surface area contributed by atoms with Crippen molar-refractivity contribution in [3.8, 4) is 0 Å². The van der Waals surface area contributed by atoms with Gasteiger partial charge < -0.3 is 23.7 Å². The molecule has 4 atom stereocenters. The molecule has 1 spiro atoms. The van der Waals surface area contributed by atoms with E-state index in [9.17, 15) is 0 Å². The van der Waals surface area contributed by atoms with Gasteiger partial charge in [-0.2, -0.15) is 0 Å². The minimum absolute atomic E-state index is 0.0579. The number of rotatable bonds is 11. The molecule has 1 aliphatic carbocycles. The van der Waals surface area contributed by atoms with Gasteiger partial charge in [0.2, 0.25) is 0 Å². The van der Waals surface area contributed by atoms with E-state index in [1.165, 1.54) is 24.3 Å². The van der Waals surface area contributed by atoms with Gasteiger partial charge in [0.05, 0.1) is 30.5 Å². The zero-order chi connectivity index (χ0) is 25.7. The van der Waals surface area contributed by atoms with Crippen molar-refractivity contribution >= 4 is 23.5 Å². The lowest BCUT2D eigenvalue weighted by Gasteiger charge is -2.45. The Balaban J connectivity index is 1.49. The average molecular weight is 543 g/mol. The summed E-state index contributed by atoms with van der Waals surface area (Å²) in [5.74, 6) is 2.96. The van der Waals surface area contributed by atoms with Crippen molar-refractivity contribution in [3.05, 3.63) is 12.2 Å². The van der Waals surface area contributed by atoms with Crippen LogP contribution in [0, 0.1) is 22.7 Å². The van der Waals surface area contributed by atoms with Gasteiger partial charge in [-0.15, -0.1) is 23.5 Å². The summed E-state index contributed by atoms with van der Waals surface area (Å²) in [6.07, 6.45) is 12.3. The fraction of sp³-hybridized carbons (Fsp3) is 0.931. The average Bonchev–Trinajstić information content (AvgIpc) is 3.50. The highest BCUT2D eigenvalue weighted by Crippen LogP contribution is 2.51. The van der Waals surface area contributed by atoms with Crippen molar-refractivity contribution in [2.75, 3.05) is 44.5 Å². The lowest BCUT2D eigenvalue weighted by molar-refractivity contribution is -0.316. The van der Waals surface area contributed by atoms with Crippen molar-refractivity contribution in [1.29, 1.82) is 0 Å². The van der Waals surface area contributed by atoms with E-state index in [1.807, 2.05) is 0 Å². The molecule has 0 radical (unpaired) electrons. The summed E-state index contributed by atoms with van der Waals surface area (Å²) in [6, 6.07) is 0. The molecule has 3 heterocycles. The molecule has 0 aromatic rings. The van der Waals surface area contributed by atoms with Gasteiger partial charge in [-0.1, -0.05) is 39.8 Å². The van der Waals surface area contributed by atoms with E-state index in [0.29, 0.717) is 18.4 Å². The third-order valence-corrected chi connectivity index (χ3v) is 11.3. The van der Waals surface area contributed by atoms with Crippen LogP contribution in [-0.4, -0.2) is 67.3 Å².